The molecule has 0 fully saturated rings. The number of hydrogen-bond donors (Lipinski definition) is 0. The van der Waals surface area contributed by atoms with Crippen LogP contribution in [0.4, 0.5) is 5.69 Å². The molecule has 0 heterocycles. The third kappa shape index (κ3) is 3.51. The fourth-order valence-electron chi connectivity index (χ4n) is 2.28. The van der Waals surface area contributed by atoms with Crippen molar-refractivity contribution in [3.8, 4) is 5.75 Å². The van der Waals surface area contributed by atoms with Gasteiger partial charge in [0.15, 0.2) is 0 Å². The number of carbonyl (C=O) groups is 1. The van der Waals surface area contributed by atoms with Gasteiger partial charge in [-0.25, -0.2) is 8.42 Å². The van der Waals surface area contributed by atoms with Gasteiger partial charge in [0.05, 0.1) is 19.9 Å². The Hall–Kier alpha value is -2.54. The van der Waals surface area contributed by atoms with Crippen LogP contribution in [0.3, 0.4) is 0 Å². The van der Waals surface area contributed by atoms with Gasteiger partial charge < -0.3 is 9.47 Å². The minimum atomic E-state index is -4.02. The van der Waals surface area contributed by atoms with E-state index in [2.05, 4.69) is 4.74 Å². The number of para-hydroxylation sites is 2. The molecule has 0 N–H and O–H groups in total. The zero-order chi connectivity index (χ0) is 17.7. The molecule has 6 nitrogen and oxygen atoms in total. The molecule has 0 amide bonds. The van der Waals surface area contributed by atoms with Crippen molar-refractivity contribution < 1.29 is 22.7 Å². The van der Waals surface area contributed by atoms with E-state index in [1.807, 2.05) is 0 Å². The van der Waals surface area contributed by atoms with Gasteiger partial charge >= 0.3 is 5.97 Å². The summed E-state index contributed by atoms with van der Waals surface area (Å²) in [5.41, 5.74) is 1.13. The highest BCUT2D eigenvalue weighted by atomic mass is 32.2. The quantitative estimate of drug-likeness (QED) is 0.749. The first kappa shape index (κ1) is 17.8. The molecular weight excluding hydrogens is 330 g/mol. The molecule has 2 rings (SSSR count). The molecule has 0 atom stereocenters. The second-order valence-corrected chi connectivity index (χ2v) is 6.86. The standard InChI is InChI=1S/C17H19NO5S/c1-13-8-4-5-9-14(13)18(12-17(19)23-3)24(20,21)16-11-7-6-10-15(16)22-2/h4-11H,12H2,1-3H3. The van der Waals surface area contributed by atoms with Crippen LogP contribution in [0.1, 0.15) is 5.56 Å². The normalized spacial score (nSPS) is 11.0. The summed E-state index contributed by atoms with van der Waals surface area (Å²) in [7, 11) is -1.41. The highest BCUT2D eigenvalue weighted by Gasteiger charge is 2.30. The Morgan fingerprint density at radius 1 is 1.04 bits per heavy atom. The number of benzene rings is 2. The molecule has 0 radical (unpaired) electrons. The molecule has 2 aromatic carbocycles. The van der Waals surface area contributed by atoms with Gasteiger partial charge in [0, 0.05) is 0 Å². The summed E-state index contributed by atoms with van der Waals surface area (Å²) in [4.78, 5) is 11.8. The molecule has 0 saturated heterocycles. The number of carbonyl (C=O) groups excluding carboxylic acids is 1. The SMILES string of the molecule is COC(=O)CN(c1ccccc1C)S(=O)(=O)c1ccccc1OC. The summed E-state index contributed by atoms with van der Waals surface area (Å²) in [6, 6.07) is 13.2. The lowest BCUT2D eigenvalue weighted by atomic mass is 10.2. The number of nitrogens with zero attached hydrogens (tertiary/aromatic N) is 1. The molecule has 0 aliphatic rings. The predicted molar refractivity (Wildman–Crippen MR) is 90.7 cm³/mol. The molecule has 7 heteroatoms. The maximum atomic E-state index is 13.2. The van der Waals surface area contributed by atoms with Crippen molar-refractivity contribution in [2.75, 3.05) is 25.1 Å². The van der Waals surface area contributed by atoms with Crippen LogP contribution in [-0.2, 0) is 19.6 Å². The number of esters is 1. The third-order valence-electron chi connectivity index (χ3n) is 3.52. The minimum Gasteiger partial charge on any atom is -0.495 e. The fraction of sp³-hybridized carbons (Fsp3) is 0.235. The van der Waals surface area contributed by atoms with E-state index in [9.17, 15) is 13.2 Å². The van der Waals surface area contributed by atoms with E-state index in [1.54, 1.807) is 49.4 Å². The number of methoxy groups -OCH3 is 2. The molecule has 0 unspecified atom stereocenters. The lowest BCUT2D eigenvalue weighted by molar-refractivity contribution is -0.138. The van der Waals surface area contributed by atoms with Crippen molar-refractivity contribution in [2.45, 2.75) is 11.8 Å². The number of aryl methyl sites for hydroxylation is 1. The second-order valence-electron chi connectivity index (χ2n) is 5.03. The van der Waals surface area contributed by atoms with E-state index >= 15 is 0 Å². The zero-order valence-electron chi connectivity index (χ0n) is 13.7. The Morgan fingerprint density at radius 2 is 1.67 bits per heavy atom. The van der Waals surface area contributed by atoms with Gasteiger partial charge in [0.1, 0.15) is 17.2 Å². The lowest BCUT2D eigenvalue weighted by Gasteiger charge is -2.25. The summed E-state index contributed by atoms with van der Waals surface area (Å²) in [6.45, 7) is 1.35. The summed E-state index contributed by atoms with van der Waals surface area (Å²) in [6.07, 6.45) is 0. The van der Waals surface area contributed by atoms with Gasteiger partial charge in [-0.15, -0.1) is 0 Å². The highest BCUT2D eigenvalue weighted by Crippen LogP contribution is 2.31. The molecule has 0 bridgehead atoms. The molecule has 128 valence electrons. The van der Waals surface area contributed by atoms with E-state index < -0.39 is 22.5 Å². The van der Waals surface area contributed by atoms with Gasteiger partial charge in [-0.3, -0.25) is 9.10 Å². The predicted octanol–water partition coefficient (Wildman–Crippen LogP) is 2.37. The van der Waals surface area contributed by atoms with Crippen molar-refractivity contribution in [2.24, 2.45) is 0 Å². The van der Waals surface area contributed by atoms with Gasteiger partial charge in [-0.1, -0.05) is 30.3 Å². The van der Waals surface area contributed by atoms with E-state index in [0.29, 0.717) is 5.69 Å². The topological polar surface area (TPSA) is 72.9 Å². The summed E-state index contributed by atoms with van der Waals surface area (Å²) in [5.74, 6) is -0.447. The Kier molecular flexibility index (Phi) is 5.46. The van der Waals surface area contributed by atoms with E-state index in [4.69, 9.17) is 4.74 Å². The van der Waals surface area contributed by atoms with Gasteiger partial charge in [0.25, 0.3) is 10.0 Å². The molecule has 2 aromatic rings. The van der Waals surface area contributed by atoms with E-state index in [-0.39, 0.29) is 10.6 Å². The second kappa shape index (κ2) is 7.35. The molecule has 0 aliphatic carbocycles. The van der Waals surface area contributed by atoms with Crippen LogP contribution in [0.2, 0.25) is 0 Å². The largest absolute Gasteiger partial charge is 0.495 e. The van der Waals surface area contributed by atoms with Crippen LogP contribution in [-0.4, -0.2) is 35.2 Å². The number of rotatable bonds is 6. The molecular formula is C17H19NO5S. The number of ether oxygens (including phenoxy) is 2. The van der Waals surface area contributed by atoms with Crippen LogP contribution in [0.15, 0.2) is 53.4 Å². The molecule has 0 aromatic heterocycles. The smallest absolute Gasteiger partial charge is 0.326 e. The Morgan fingerprint density at radius 3 is 2.29 bits per heavy atom. The molecule has 0 saturated carbocycles. The van der Waals surface area contributed by atoms with E-state index in [0.717, 1.165) is 9.87 Å². The van der Waals surface area contributed by atoms with Gasteiger partial charge in [-0.2, -0.15) is 0 Å². The van der Waals surface area contributed by atoms with Crippen LogP contribution in [0, 0.1) is 6.92 Å². The van der Waals surface area contributed by atoms with Gasteiger partial charge in [-0.05, 0) is 30.7 Å². The average molecular weight is 349 g/mol. The Bertz CT molecular complexity index is 832. The number of sulfonamides is 1. The van der Waals surface area contributed by atoms with Crippen LogP contribution >= 0.6 is 0 Å². The lowest BCUT2D eigenvalue weighted by Crippen LogP contribution is -2.37. The number of hydrogen-bond acceptors (Lipinski definition) is 5. The van der Waals surface area contributed by atoms with Crippen molar-refractivity contribution >= 4 is 21.7 Å². The first-order valence-electron chi connectivity index (χ1n) is 7.20. The zero-order valence-corrected chi connectivity index (χ0v) is 14.5. The monoisotopic (exact) mass is 349 g/mol. The van der Waals surface area contributed by atoms with E-state index in [1.165, 1.54) is 20.3 Å². The van der Waals surface area contributed by atoms with Crippen LogP contribution in [0.5, 0.6) is 5.75 Å². The molecule has 0 spiro atoms. The van der Waals surface area contributed by atoms with Crippen LogP contribution < -0.4 is 9.04 Å². The summed E-state index contributed by atoms with van der Waals surface area (Å²) in [5, 5.41) is 0. The fourth-order valence-corrected chi connectivity index (χ4v) is 3.91. The molecule has 0 aliphatic heterocycles. The maximum Gasteiger partial charge on any atom is 0.326 e. The summed E-state index contributed by atoms with van der Waals surface area (Å²) < 4.78 is 37.2. The number of anilines is 1. The average Bonchev–Trinajstić information content (AvgIpc) is 2.60. The van der Waals surface area contributed by atoms with Crippen molar-refractivity contribution in [3.63, 3.8) is 0 Å². The molecule has 24 heavy (non-hydrogen) atoms. The van der Waals surface area contributed by atoms with Crippen molar-refractivity contribution in [3.05, 3.63) is 54.1 Å². The van der Waals surface area contributed by atoms with Gasteiger partial charge in [0.2, 0.25) is 0 Å². The maximum absolute atomic E-state index is 13.2. The van der Waals surface area contributed by atoms with Crippen molar-refractivity contribution in [1.82, 2.24) is 0 Å². The Labute approximate surface area is 141 Å². The first-order valence-corrected chi connectivity index (χ1v) is 8.64. The van der Waals surface area contributed by atoms with Crippen molar-refractivity contribution in [1.29, 1.82) is 0 Å². The third-order valence-corrected chi connectivity index (χ3v) is 5.32. The first-order chi connectivity index (χ1) is 11.4. The minimum absolute atomic E-state index is 0.0142. The Balaban J connectivity index is 2.62. The van der Waals surface area contributed by atoms with Crippen LogP contribution in [0.25, 0.3) is 0 Å². The highest BCUT2D eigenvalue weighted by molar-refractivity contribution is 7.93. The summed E-state index contributed by atoms with van der Waals surface area (Å²) >= 11 is 0.